The number of hydrogen-bond donors (Lipinski definition) is 0. The van der Waals surface area contributed by atoms with E-state index in [1.54, 1.807) is 12.8 Å². The van der Waals surface area contributed by atoms with Crippen molar-refractivity contribution in [3.05, 3.63) is 0 Å². The molecule has 0 aromatic rings. The number of hydrogen-bond acceptors (Lipinski definition) is 1. The first kappa shape index (κ1) is 9.21. The van der Waals surface area contributed by atoms with Crippen LogP contribution in [0.1, 0.15) is 46.5 Å². The number of piperidine rings is 1. The lowest BCUT2D eigenvalue weighted by molar-refractivity contribution is 0.0537. The normalized spacial score (nSPS) is 47.4. The molecule has 2 saturated carbocycles. The second-order valence-electron chi connectivity index (χ2n) is 6.80. The van der Waals surface area contributed by atoms with Crippen molar-refractivity contribution in [2.45, 2.75) is 52.0 Å². The summed E-state index contributed by atoms with van der Waals surface area (Å²) < 4.78 is 0. The van der Waals surface area contributed by atoms with Gasteiger partial charge in [0.05, 0.1) is 0 Å². The van der Waals surface area contributed by atoms with Gasteiger partial charge in [-0.05, 0) is 57.3 Å². The topological polar surface area (TPSA) is 3.24 Å². The fourth-order valence-electron chi connectivity index (χ4n) is 4.05. The standard InChI is InChI=1S/C13H23N/c1-12(2,3)14-8-10-5-4-6-13(10)7-11(13)9-14/h10-11H,4-9H2,1-3H3. The quantitative estimate of drug-likeness (QED) is 0.572. The van der Waals surface area contributed by atoms with Crippen LogP contribution in [0.15, 0.2) is 0 Å². The van der Waals surface area contributed by atoms with Crippen LogP contribution in [0.5, 0.6) is 0 Å². The molecule has 3 unspecified atom stereocenters. The summed E-state index contributed by atoms with van der Waals surface area (Å²) in [6.45, 7) is 9.89. The average Bonchev–Trinajstić information content (AvgIpc) is 2.63. The molecule has 0 aromatic carbocycles. The number of rotatable bonds is 0. The van der Waals surface area contributed by atoms with E-state index >= 15 is 0 Å². The van der Waals surface area contributed by atoms with E-state index in [-0.39, 0.29) is 0 Å². The lowest BCUT2D eigenvalue weighted by Gasteiger charge is -2.42. The Kier molecular flexibility index (Phi) is 1.68. The molecule has 3 aliphatic rings. The highest BCUT2D eigenvalue weighted by Gasteiger charge is 2.63. The van der Waals surface area contributed by atoms with Crippen LogP contribution in [0.25, 0.3) is 0 Å². The maximum atomic E-state index is 2.74. The largest absolute Gasteiger partial charge is 0.298 e. The van der Waals surface area contributed by atoms with Crippen molar-refractivity contribution in [2.75, 3.05) is 13.1 Å². The summed E-state index contributed by atoms with van der Waals surface area (Å²) >= 11 is 0. The molecule has 0 aromatic heterocycles. The van der Waals surface area contributed by atoms with Crippen LogP contribution in [-0.2, 0) is 0 Å². The Morgan fingerprint density at radius 2 is 1.86 bits per heavy atom. The minimum atomic E-state index is 0.400. The molecule has 1 aliphatic heterocycles. The van der Waals surface area contributed by atoms with Crippen molar-refractivity contribution < 1.29 is 0 Å². The van der Waals surface area contributed by atoms with E-state index in [1.807, 2.05) is 0 Å². The van der Waals surface area contributed by atoms with Crippen LogP contribution in [0.4, 0.5) is 0 Å². The molecule has 3 fully saturated rings. The van der Waals surface area contributed by atoms with Gasteiger partial charge in [-0.15, -0.1) is 0 Å². The van der Waals surface area contributed by atoms with Gasteiger partial charge in [0.15, 0.2) is 0 Å². The SMILES string of the molecule is CC(C)(C)N1CC2CCCC23CC3C1. The zero-order chi connectivity index (χ0) is 9.97. The Hall–Kier alpha value is -0.0400. The van der Waals surface area contributed by atoms with Crippen molar-refractivity contribution >= 4 is 0 Å². The third-order valence-corrected chi connectivity index (χ3v) is 5.12. The van der Waals surface area contributed by atoms with Crippen molar-refractivity contribution in [2.24, 2.45) is 17.3 Å². The second-order valence-corrected chi connectivity index (χ2v) is 6.80. The monoisotopic (exact) mass is 193 g/mol. The summed E-state index contributed by atoms with van der Waals surface area (Å²) in [7, 11) is 0. The Labute approximate surface area is 87.9 Å². The Bertz CT molecular complexity index is 252. The van der Waals surface area contributed by atoms with Crippen LogP contribution in [0.3, 0.4) is 0 Å². The van der Waals surface area contributed by atoms with Crippen LogP contribution in [0, 0.1) is 17.3 Å². The Morgan fingerprint density at radius 3 is 2.57 bits per heavy atom. The zero-order valence-electron chi connectivity index (χ0n) is 9.84. The highest BCUT2D eigenvalue weighted by molar-refractivity contribution is 5.14. The first-order valence-corrected chi connectivity index (χ1v) is 6.27. The van der Waals surface area contributed by atoms with E-state index < -0.39 is 0 Å². The van der Waals surface area contributed by atoms with Crippen LogP contribution in [-0.4, -0.2) is 23.5 Å². The highest BCUT2D eigenvalue weighted by Crippen LogP contribution is 2.68. The van der Waals surface area contributed by atoms with Gasteiger partial charge in [-0.3, -0.25) is 4.90 Å². The predicted molar refractivity (Wildman–Crippen MR) is 59.2 cm³/mol. The van der Waals surface area contributed by atoms with Crippen LogP contribution < -0.4 is 0 Å². The smallest absolute Gasteiger partial charge is 0.0125 e. The predicted octanol–water partition coefficient (Wildman–Crippen LogP) is 2.91. The molecule has 0 amide bonds. The fraction of sp³-hybridized carbons (Fsp3) is 1.00. The molecule has 14 heavy (non-hydrogen) atoms. The lowest BCUT2D eigenvalue weighted by Crippen LogP contribution is -2.49. The Balaban J connectivity index is 1.78. The Morgan fingerprint density at radius 1 is 1.14 bits per heavy atom. The van der Waals surface area contributed by atoms with Gasteiger partial charge in [-0.2, -0.15) is 0 Å². The summed E-state index contributed by atoms with van der Waals surface area (Å²) in [5.74, 6) is 2.13. The molecule has 80 valence electrons. The van der Waals surface area contributed by atoms with Gasteiger partial charge in [-0.1, -0.05) is 6.42 Å². The van der Waals surface area contributed by atoms with Crippen molar-refractivity contribution in [3.8, 4) is 0 Å². The summed E-state index contributed by atoms with van der Waals surface area (Å²) in [5, 5.41) is 0. The summed E-state index contributed by atoms with van der Waals surface area (Å²) in [4.78, 5) is 2.74. The van der Waals surface area contributed by atoms with E-state index in [0.717, 1.165) is 17.3 Å². The molecule has 1 saturated heterocycles. The lowest BCUT2D eigenvalue weighted by atomic mass is 9.85. The number of likely N-dealkylation sites (tertiary alicyclic amines) is 1. The van der Waals surface area contributed by atoms with E-state index in [4.69, 9.17) is 0 Å². The average molecular weight is 193 g/mol. The van der Waals surface area contributed by atoms with Gasteiger partial charge in [0, 0.05) is 18.6 Å². The maximum absolute atomic E-state index is 2.74. The van der Waals surface area contributed by atoms with Gasteiger partial charge < -0.3 is 0 Å². The van der Waals surface area contributed by atoms with Crippen molar-refractivity contribution in [1.82, 2.24) is 4.90 Å². The first-order chi connectivity index (χ1) is 6.52. The third kappa shape index (κ3) is 1.11. The van der Waals surface area contributed by atoms with E-state index in [2.05, 4.69) is 25.7 Å². The van der Waals surface area contributed by atoms with Gasteiger partial charge in [0.25, 0.3) is 0 Å². The zero-order valence-corrected chi connectivity index (χ0v) is 9.84. The molecule has 0 radical (unpaired) electrons. The molecule has 3 rings (SSSR count). The fourth-order valence-corrected chi connectivity index (χ4v) is 4.05. The van der Waals surface area contributed by atoms with Gasteiger partial charge in [0.2, 0.25) is 0 Å². The molecule has 3 atom stereocenters. The van der Waals surface area contributed by atoms with E-state index in [1.165, 1.54) is 25.9 Å². The van der Waals surface area contributed by atoms with Gasteiger partial charge >= 0.3 is 0 Å². The van der Waals surface area contributed by atoms with Gasteiger partial charge in [0.1, 0.15) is 0 Å². The molecule has 0 N–H and O–H groups in total. The minimum Gasteiger partial charge on any atom is -0.298 e. The van der Waals surface area contributed by atoms with Gasteiger partial charge in [-0.25, -0.2) is 0 Å². The van der Waals surface area contributed by atoms with Crippen LogP contribution >= 0.6 is 0 Å². The minimum absolute atomic E-state index is 0.400. The summed E-state index contributed by atoms with van der Waals surface area (Å²) in [6, 6.07) is 0. The number of nitrogens with zero attached hydrogens (tertiary/aromatic N) is 1. The molecule has 2 aliphatic carbocycles. The molecule has 1 heteroatoms. The van der Waals surface area contributed by atoms with E-state index in [0.29, 0.717) is 5.54 Å². The molecule has 1 spiro atoms. The first-order valence-electron chi connectivity index (χ1n) is 6.27. The summed E-state index contributed by atoms with van der Waals surface area (Å²) in [5.41, 5.74) is 1.26. The van der Waals surface area contributed by atoms with E-state index in [9.17, 15) is 0 Å². The third-order valence-electron chi connectivity index (χ3n) is 5.12. The summed E-state index contributed by atoms with van der Waals surface area (Å²) in [6.07, 6.45) is 6.15. The van der Waals surface area contributed by atoms with Crippen molar-refractivity contribution in [1.29, 1.82) is 0 Å². The molecule has 1 nitrogen and oxygen atoms in total. The van der Waals surface area contributed by atoms with Crippen LogP contribution in [0.2, 0.25) is 0 Å². The maximum Gasteiger partial charge on any atom is 0.0125 e. The second kappa shape index (κ2) is 2.55. The molecular formula is C13H23N. The molecular weight excluding hydrogens is 170 g/mol. The molecule has 0 bridgehead atoms. The highest BCUT2D eigenvalue weighted by atomic mass is 15.2. The molecule has 1 heterocycles. The van der Waals surface area contributed by atoms with Crippen molar-refractivity contribution in [3.63, 3.8) is 0 Å².